The van der Waals surface area contributed by atoms with Crippen LogP contribution in [0.1, 0.15) is 13.3 Å². The van der Waals surface area contributed by atoms with Gasteiger partial charge in [0.1, 0.15) is 10.4 Å². The minimum absolute atomic E-state index is 0.501. The SMILES string of the molecule is CC(CC(=O)O)(NS(=O)(=O)c1ccoc1Cl)C(F)F. The summed E-state index contributed by atoms with van der Waals surface area (Å²) >= 11 is 5.45. The van der Waals surface area contributed by atoms with E-state index in [0.717, 1.165) is 19.3 Å². The number of hydrogen-bond donors (Lipinski definition) is 2. The molecular weight excluding hydrogens is 308 g/mol. The van der Waals surface area contributed by atoms with Crippen molar-refractivity contribution in [3.05, 3.63) is 17.5 Å². The minimum atomic E-state index is -4.41. The highest BCUT2D eigenvalue weighted by Crippen LogP contribution is 2.27. The first-order valence-corrected chi connectivity index (χ1v) is 6.71. The Labute approximate surface area is 112 Å². The van der Waals surface area contributed by atoms with Crippen LogP contribution >= 0.6 is 11.6 Å². The highest BCUT2D eigenvalue weighted by atomic mass is 35.5. The molecule has 0 aliphatic carbocycles. The predicted octanol–water partition coefficient (Wildman–Crippen LogP) is 1.71. The van der Waals surface area contributed by atoms with Crippen molar-refractivity contribution in [2.45, 2.75) is 30.2 Å². The molecule has 1 rings (SSSR count). The second-order valence-corrected chi connectivity index (χ2v) is 5.95. The molecule has 1 aromatic rings. The highest BCUT2D eigenvalue weighted by molar-refractivity contribution is 7.89. The summed E-state index contributed by atoms with van der Waals surface area (Å²) in [4.78, 5) is 10.0. The van der Waals surface area contributed by atoms with Crippen LogP contribution in [0, 0.1) is 0 Å². The first-order chi connectivity index (χ1) is 8.58. The molecule has 0 spiro atoms. The molecule has 0 saturated carbocycles. The Morgan fingerprint density at radius 3 is 2.58 bits per heavy atom. The molecule has 6 nitrogen and oxygen atoms in total. The third-order valence-corrected chi connectivity index (χ3v) is 4.28. The second kappa shape index (κ2) is 5.43. The van der Waals surface area contributed by atoms with E-state index in [4.69, 9.17) is 16.7 Å². The molecule has 1 unspecified atom stereocenters. The van der Waals surface area contributed by atoms with Crippen LogP contribution in [0.3, 0.4) is 0 Å². The summed E-state index contributed by atoms with van der Waals surface area (Å²) in [6.07, 6.45) is -3.34. The largest absolute Gasteiger partial charge is 0.481 e. The molecule has 0 radical (unpaired) electrons. The van der Waals surface area contributed by atoms with Gasteiger partial charge in [0.25, 0.3) is 6.43 Å². The van der Waals surface area contributed by atoms with Crippen molar-refractivity contribution in [2.75, 3.05) is 0 Å². The molecule has 0 aliphatic rings. The Balaban J connectivity index is 3.10. The lowest BCUT2D eigenvalue weighted by Crippen LogP contribution is -2.52. The fourth-order valence-corrected chi connectivity index (χ4v) is 3.11. The maximum atomic E-state index is 12.9. The fourth-order valence-electron chi connectivity index (χ4n) is 1.31. The lowest BCUT2D eigenvalue weighted by molar-refractivity contribution is -0.140. The zero-order chi connectivity index (χ0) is 14.8. The number of nitrogens with one attached hydrogen (secondary N) is 1. The summed E-state index contributed by atoms with van der Waals surface area (Å²) in [5.74, 6) is -1.57. The van der Waals surface area contributed by atoms with Crippen molar-refractivity contribution in [3.8, 4) is 0 Å². The average molecular weight is 318 g/mol. The molecule has 2 N–H and O–H groups in total. The van der Waals surface area contributed by atoms with Crippen molar-refractivity contribution in [2.24, 2.45) is 0 Å². The molecule has 108 valence electrons. The van der Waals surface area contributed by atoms with Crippen molar-refractivity contribution in [1.82, 2.24) is 4.72 Å². The molecule has 1 aromatic heterocycles. The number of halogens is 3. The predicted molar refractivity (Wildman–Crippen MR) is 60.7 cm³/mol. The van der Waals surface area contributed by atoms with Gasteiger partial charge in [0.05, 0.1) is 12.7 Å². The molecule has 1 heterocycles. The first kappa shape index (κ1) is 15.9. The van der Waals surface area contributed by atoms with Gasteiger partial charge >= 0.3 is 5.97 Å². The quantitative estimate of drug-likeness (QED) is 0.832. The third-order valence-electron chi connectivity index (χ3n) is 2.24. The van der Waals surface area contributed by atoms with E-state index >= 15 is 0 Å². The van der Waals surface area contributed by atoms with Crippen molar-refractivity contribution in [1.29, 1.82) is 0 Å². The van der Waals surface area contributed by atoms with Gasteiger partial charge < -0.3 is 9.52 Å². The Hall–Kier alpha value is -1.19. The van der Waals surface area contributed by atoms with Crippen LogP contribution in [0.2, 0.25) is 5.22 Å². The summed E-state index contributed by atoms with van der Waals surface area (Å²) in [6.45, 7) is 0.789. The smallest absolute Gasteiger partial charge is 0.305 e. The monoisotopic (exact) mass is 317 g/mol. The van der Waals surface area contributed by atoms with E-state index in [1.807, 2.05) is 0 Å². The van der Waals surface area contributed by atoms with Crippen molar-refractivity contribution >= 4 is 27.6 Å². The van der Waals surface area contributed by atoms with Gasteiger partial charge in [0, 0.05) is 0 Å². The van der Waals surface area contributed by atoms with Gasteiger partial charge in [-0.25, -0.2) is 17.2 Å². The Morgan fingerprint density at radius 2 is 2.21 bits per heavy atom. The number of alkyl halides is 2. The molecule has 19 heavy (non-hydrogen) atoms. The Bertz CT molecular complexity index is 573. The number of carboxylic acid groups (broad SMARTS) is 1. The topological polar surface area (TPSA) is 96.6 Å². The van der Waals surface area contributed by atoms with Crippen LogP contribution in [0.4, 0.5) is 8.78 Å². The molecule has 0 aliphatic heterocycles. The second-order valence-electron chi connectivity index (χ2n) is 3.95. The van der Waals surface area contributed by atoms with E-state index in [0.29, 0.717) is 0 Å². The molecule has 0 bridgehead atoms. The van der Waals surface area contributed by atoms with E-state index in [1.54, 1.807) is 4.72 Å². The number of furan rings is 1. The summed E-state index contributed by atoms with van der Waals surface area (Å²) in [6, 6.07) is 0.970. The number of hydrogen-bond acceptors (Lipinski definition) is 4. The number of aliphatic carboxylic acids is 1. The van der Waals surface area contributed by atoms with Crippen LogP contribution in [0.15, 0.2) is 21.6 Å². The average Bonchev–Trinajstić information content (AvgIpc) is 2.62. The zero-order valence-corrected chi connectivity index (χ0v) is 11.1. The highest BCUT2D eigenvalue weighted by Gasteiger charge is 2.42. The fraction of sp³-hybridized carbons (Fsp3) is 0.444. The van der Waals surface area contributed by atoms with Crippen LogP contribution in [-0.4, -0.2) is 31.5 Å². The molecule has 1 atom stereocenters. The lowest BCUT2D eigenvalue weighted by atomic mass is 10.0. The van der Waals surface area contributed by atoms with E-state index < -0.39 is 44.5 Å². The number of carbonyl (C=O) groups is 1. The maximum Gasteiger partial charge on any atom is 0.305 e. The van der Waals surface area contributed by atoms with Crippen LogP contribution in [-0.2, 0) is 14.8 Å². The first-order valence-electron chi connectivity index (χ1n) is 4.85. The van der Waals surface area contributed by atoms with Gasteiger partial charge in [0.15, 0.2) is 0 Å². The molecular formula is C9H10ClF2NO5S. The van der Waals surface area contributed by atoms with Crippen molar-refractivity contribution < 1.29 is 31.5 Å². The molecule has 0 aromatic carbocycles. The van der Waals surface area contributed by atoms with Gasteiger partial charge in [-0.15, -0.1) is 0 Å². The summed E-state index contributed by atoms with van der Waals surface area (Å²) in [5.41, 5.74) is -2.45. The summed E-state index contributed by atoms with van der Waals surface area (Å²) < 4.78 is 55.6. The maximum absolute atomic E-state index is 12.9. The number of carboxylic acids is 1. The van der Waals surface area contributed by atoms with Crippen LogP contribution in [0.25, 0.3) is 0 Å². The standard InChI is InChI=1S/C9H10ClF2NO5S/c1-9(8(11)12,4-6(14)15)13-19(16,17)5-2-3-18-7(5)10/h2-3,8,13H,4H2,1H3,(H,14,15). The van der Waals surface area contributed by atoms with Gasteiger partial charge in [-0.1, -0.05) is 0 Å². The van der Waals surface area contributed by atoms with Gasteiger partial charge in [-0.2, -0.15) is 4.72 Å². The summed E-state index contributed by atoms with van der Waals surface area (Å²) in [5, 5.41) is 8.07. The van der Waals surface area contributed by atoms with E-state index in [-0.39, 0.29) is 0 Å². The lowest BCUT2D eigenvalue weighted by Gasteiger charge is -2.27. The van der Waals surface area contributed by atoms with E-state index in [2.05, 4.69) is 4.42 Å². The summed E-state index contributed by atoms with van der Waals surface area (Å²) in [7, 11) is -4.41. The number of sulfonamides is 1. The van der Waals surface area contributed by atoms with Gasteiger partial charge in [-0.3, -0.25) is 4.79 Å². The molecule has 0 amide bonds. The molecule has 0 saturated heterocycles. The zero-order valence-electron chi connectivity index (χ0n) is 9.56. The minimum Gasteiger partial charge on any atom is -0.481 e. The van der Waals surface area contributed by atoms with Gasteiger partial charge in [0.2, 0.25) is 15.2 Å². The molecule has 0 fully saturated rings. The van der Waals surface area contributed by atoms with Gasteiger partial charge in [-0.05, 0) is 24.6 Å². The third kappa shape index (κ3) is 3.64. The van der Waals surface area contributed by atoms with E-state index in [1.165, 1.54) is 0 Å². The molecule has 10 heteroatoms. The Morgan fingerprint density at radius 1 is 1.63 bits per heavy atom. The van der Waals surface area contributed by atoms with Crippen molar-refractivity contribution in [3.63, 3.8) is 0 Å². The normalized spacial score (nSPS) is 15.4. The Kier molecular flexibility index (Phi) is 4.54. The van der Waals surface area contributed by atoms with Crippen LogP contribution in [0.5, 0.6) is 0 Å². The number of rotatable bonds is 6. The van der Waals surface area contributed by atoms with Crippen LogP contribution < -0.4 is 4.72 Å². The van der Waals surface area contributed by atoms with E-state index in [9.17, 15) is 22.0 Å².